The highest BCUT2D eigenvalue weighted by molar-refractivity contribution is 5.81. The van der Waals surface area contributed by atoms with E-state index in [9.17, 15) is 14.9 Å². The predicted octanol–water partition coefficient (Wildman–Crippen LogP) is 1.77. The van der Waals surface area contributed by atoms with Crippen molar-refractivity contribution < 1.29 is 14.5 Å². The van der Waals surface area contributed by atoms with Gasteiger partial charge >= 0.3 is 0 Å². The van der Waals surface area contributed by atoms with Gasteiger partial charge in [0, 0.05) is 25.9 Å². The zero-order valence-electron chi connectivity index (χ0n) is 10.1. The summed E-state index contributed by atoms with van der Waals surface area (Å²) >= 11 is 0. The number of hydrogen-bond acceptors (Lipinski definition) is 5. The molecular formula is C12H14N2O4. The van der Waals surface area contributed by atoms with Crippen LogP contribution in [0.1, 0.15) is 12.8 Å². The van der Waals surface area contributed by atoms with Crippen LogP contribution < -0.4 is 9.64 Å². The Labute approximate surface area is 104 Å². The number of anilines is 1. The van der Waals surface area contributed by atoms with Gasteiger partial charge in [-0.3, -0.25) is 14.9 Å². The summed E-state index contributed by atoms with van der Waals surface area (Å²) in [6.45, 7) is 1.07. The Kier molecular flexibility index (Phi) is 3.45. The summed E-state index contributed by atoms with van der Waals surface area (Å²) in [5.74, 6) is 0.668. The second-order valence-corrected chi connectivity index (χ2v) is 4.14. The lowest BCUT2D eigenvalue weighted by molar-refractivity contribution is -0.384. The minimum atomic E-state index is -0.422. The van der Waals surface area contributed by atoms with Crippen LogP contribution in [0.2, 0.25) is 0 Å². The average molecular weight is 250 g/mol. The second-order valence-electron chi connectivity index (χ2n) is 4.14. The number of rotatable bonds is 3. The summed E-state index contributed by atoms with van der Waals surface area (Å²) in [5.41, 5.74) is 0.567. The molecule has 0 spiro atoms. The smallest absolute Gasteiger partial charge is 0.296 e. The molecule has 1 aromatic carbocycles. The molecule has 1 aliphatic heterocycles. The lowest BCUT2D eigenvalue weighted by Gasteiger charge is -2.27. The van der Waals surface area contributed by atoms with E-state index < -0.39 is 4.92 Å². The number of ketones is 1. The van der Waals surface area contributed by atoms with Crippen molar-refractivity contribution in [3.63, 3.8) is 0 Å². The predicted molar refractivity (Wildman–Crippen MR) is 66.1 cm³/mol. The molecular weight excluding hydrogens is 236 g/mol. The Morgan fingerprint density at radius 3 is 2.56 bits per heavy atom. The van der Waals surface area contributed by atoms with Gasteiger partial charge in [0.25, 0.3) is 5.69 Å². The van der Waals surface area contributed by atoms with Gasteiger partial charge in [0.05, 0.1) is 18.1 Å². The van der Waals surface area contributed by atoms with Crippen molar-refractivity contribution in [2.75, 3.05) is 25.1 Å². The first-order chi connectivity index (χ1) is 8.61. The number of nitro groups is 1. The minimum Gasteiger partial charge on any atom is -0.496 e. The first-order valence-electron chi connectivity index (χ1n) is 5.71. The van der Waals surface area contributed by atoms with Crippen molar-refractivity contribution in [1.29, 1.82) is 0 Å². The number of ether oxygens (including phenoxy) is 1. The van der Waals surface area contributed by atoms with Gasteiger partial charge in [-0.1, -0.05) is 0 Å². The van der Waals surface area contributed by atoms with E-state index >= 15 is 0 Å². The van der Waals surface area contributed by atoms with Crippen LogP contribution in [0.25, 0.3) is 0 Å². The monoisotopic (exact) mass is 250 g/mol. The van der Waals surface area contributed by atoms with Crippen molar-refractivity contribution in [3.8, 4) is 5.75 Å². The maximum Gasteiger partial charge on any atom is 0.296 e. The van der Waals surface area contributed by atoms with Gasteiger partial charge in [0.15, 0.2) is 0 Å². The summed E-state index contributed by atoms with van der Waals surface area (Å²) in [6.07, 6.45) is 0.895. The van der Waals surface area contributed by atoms with Gasteiger partial charge in [0.2, 0.25) is 0 Å². The molecule has 0 N–H and O–H groups in total. The summed E-state index contributed by atoms with van der Waals surface area (Å²) < 4.78 is 4.99. The third kappa shape index (κ3) is 2.42. The molecule has 0 bridgehead atoms. The molecule has 18 heavy (non-hydrogen) atoms. The molecule has 1 heterocycles. The lowest BCUT2D eigenvalue weighted by Crippen LogP contribution is -2.34. The maximum absolute atomic E-state index is 11.2. The summed E-state index contributed by atoms with van der Waals surface area (Å²) in [6, 6.07) is 4.78. The zero-order chi connectivity index (χ0) is 13.1. The lowest BCUT2D eigenvalue weighted by atomic mass is 10.1. The highest BCUT2D eigenvalue weighted by atomic mass is 16.6. The number of Topliss-reactive ketones (excluding diaryl/α,β-unsaturated/α-hetero) is 1. The van der Waals surface area contributed by atoms with Crippen molar-refractivity contribution in [3.05, 3.63) is 28.3 Å². The third-order valence-electron chi connectivity index (χ3n) is 3.04. The molecule has 96 valence electrons. The Bertz CT molecular complexity index is 477. The second kappa shape index (κ2) is 5.03. The number of nitrogens with zero attached hydrogens (tertiary/aromatic N) is 2. The van der Waals surface area contributed by atoms with Crippen LogP contribution >= 0.6 is 0 Å². The molecule has 2 rings (SSSR count). The van der Waals surface area contributed by atoms with E-state index in [1.54, 1.807) is 12.1 Å². The van der Waals surface area contributed by atoms with E-state index in [0.29, 0.717) is 37.4 Å². The number of piperidine rings is 1. The quantitative estimate of drug-likeness (QED) is 0.604. The standard InChI is InChI=1S/C12H14N2O4/c1-18-10-2-3-11(12(8-10)14(16)17)13-6-4-9(15)5-7-13/h2-3,8H,4-7H2,1H3. The Morgan fingerprint density at radius 2 is 2.00 bits per heavy atom. The first kappa shape index (κ1) is 12.3. The minimum absolute atomic E-state index is 0.0173. The summed E-state index contributed by atoms with van der Waals surface area (Å²) in [7, 11) is 1.47. The van der Waals surface area contributed by atoms with E-state index in [2.05, 4.69) is 0 Å². The molecule has 0 amide bonds. The van der Waals surface area contributed by atoms with Crippen LogP contribution in [0.5, 0.6) is 5.75 Å². The van der Waals surface area contributed by atoms with Crippen molar-refractivity contribution in [1.82, 2.24) is 0 Å². The van der Waals surface area contributed by atoms with Crippen LogP contribution in [0.15, 0.2) is 18.2 Å². The van der Waals surface area contributed by atoms with Gasteiger partial charge in [-0.25, -0.2) is 0 Å². The van der Waals surface area contributed by atoms with Crippen molar-refractivity contribution in [2.45, 2.75) is 12.8 Å². The number of benzene rings is 1. The van der Waals surface area contributed by atoms with E-state index in [1.807, 2.05) is 4.90 Å². The number of nitro benzene ring substituents is 1. The van der Waals surface area contributed by atoms with Crippen LogP contribution in [0, 0.1) is 10.1 Å². The molecule has 1 fully saturated rings. The van der Waals surface area contributed by atoms with E-state index in [0.717, 1.165) is 0 Å². The van der Waals surface area contributed by atoms with E-state index in [1.165, 1.54) is 13.2 Å². The Hall–Kier alpha value is -2.11. The number of hydrogen-bond donors (Lipinski definition) is 0. The molecule has 1 aromatic rings. The van der Waals surface area contributed by atoms with E-state index in [4.69, 9.17) is 4.74 Å². The molecule has 1 saturated heterocycles. The highest BCUT2D eigenvalue weighted by Gasteiger charge is 2.24. The van der Waals surface area contributed by atoms with Gasteiger partial charge in [-0.05, 0) is 12.1 Å². The van der Waals surface area contributed by atoms with E-state index in [-0.39, 0.29) is 11.5 Å². The number of methoxy groups -OCH3 is 1. The fourth-order valence-electron chi connectivity index (χ4n) is 2.04. The normalized spacial score (nSPS) is 15.6. The first-order valence-corrected chi connectivity index (χ1v) is 5.71. The molecule has 0 saturated carbocycles. The molecule has 0 atom stereocenters. The Balaban J connectivity index is 2.31. The van der Waals surface area contributed by atoms with Gasteiger partial charge < -0.3 is 9.64 Å². The molecule has 0 radical (unpaired) electrons. The number of carbonyl (C=O) groups excluding carboxylic acids is 1. The molecule has 6 heteroatoms. The number of carbonyl (C=O) groups is 1. The molecule has 6 nitrogen and oxygen atoms in total. The molecule has 1 aliphatic rings. The third-order valence-corrected chi connectivity index (χ3v) is 3.04. The fourth-order valence-corrected chi connectivity index (χ4v) is 2.04. The fraction of sp³-hybridized carbons (Fsp3) is 0.417. The van der Waals surface area contributed by atoms with Gasteiger partial charge in [-0.2, -0.15) is 0 Å². The Morgan fingerprint density at radius 1 is 1.33 bits per heavy atom. The zero-order valence-corrected chi connectivity index (χ0v) is 10.1. The topological polar surface area (TPSA) is 72.7 Å². The summed E-state index contributed by atoms with van der Waals surface area (Å²) in [5, 5.41) is 11.1. The average Bonchev–Trinajstić information content (AvgIpc) is 2.39. The summed E-state index contributed by atoms with van der Waals surface area (Å²) in [4.78, 5) is 23.7. The molecule has 0 aliphatic carbocycles. The largest absolute Gasteiger partial charge is 0.496 e. The van der Waals surface area contributed by atoms with Crippen LogP contribution in [0.4, 0.5) is 11.4 Å². The van der Waals surface area contributed by atoms with Gasteiger partial charge in [-0.15, -0.1) is 0 Å². The van der Waals surface area contributed by atoms with Crippen molar-refractivity contribution >= 4 is 17.2 Å². The SMILES string of the molecule is COc1ccc(N2CCC(=O)CC2)c([N+](=O)[O-])c1. The van der Waals surface area contributed by atoms with Crippen LogP contribution in [-0.2, 0) is 4.79 Å². The van der Waals surface area contributed by atoms with Crippen LogP contribution in [-0.4, -0.2) is 30.9 Å². The highest BCUT2D eigenvalue weighted by Crippen LogP contribution is 2.33. The molecule has 0 aromatic heterocycles. The van der Waals surface area contributed by atoms with Gasteiger partial charge in [0.1, 0.15) is 17.2 Å². The maximum atomic E-state index is 11.2. The van der Waals surface area contributed by atoms with Crippen molar-refractivity contribution in [2.24, 2.45) is 0 Å². The molecule has 0 unspecified atom stereocenters. The van der Waals surface area contributed by atoms with Crippen LogP contribution in [0.3, 0.4) is 0 Å².